The van der Waals surface area contributed by atoms with Gasteiger partial charge in [-0.25, -0.2) is 4.79 Å². The van der Waals surface area contributed by atoms with Crippen molar-refractivity contribution in [1.82, 2.24) is 0 Å². The van der Waals surface area contributed by atoms with E-state index < -0.39 is 5.97 Å². The van der Waals surface area contributed by atoms with Gasteiger partial charge in [-0.1, -0.05) is 194 Å². The third kappa shape index (κ3) is 25.8. The number of rotatable bonds is 39. The van der Waals surface area contributed by atoms with Crippen LogP contribution in [0.1, 0.15) is 229 Å². The number of unbranched alkanes of at least 4 members (excludes halogenated alkanes) is 27. The van der Waals surface area contributed by atoms with Gasteiger partial charge in [-0.3, -0.25) is 0 Å². The SMILES string of the molecule is CCCCCCCCCCCCOc1cc(COC(=O)c2cc(N)cc(N)c2)cc(OCCCCCCCCCCCC)c1OCCCCCCCCCCCC. The van der Waals surface area contributed by atoms with Crippen LogP contribution in [0.5, 0.6) is 17.2 Å². The molecule has 0 atom stereocenters. The van der Waals surface area contributed by atoms with Crippen molar-refractivity contribution in [3.05, 3.63) is 41.5 Å². The van der Waals surface area contributed by atoms with Crippen molar-refractivity contribution in [1.29, 1.82) is 0 Å². The van der Waals surface area contributed by atoms with Gasteiger partial charge in [0.25, 0.3) is 0 Å². The lowest BCUT2D eigenvalue weighted by atomic mass is 10.1. The second-order valence-electron chi connectivity index (χ2n) is 16.5. The minimum atomic E-state index is -0.476. The van der Waals surface area contributed by atoms with Crippen LogP contribution in [0.15, 0.2) is 30.3 Å². The summed E-state index contributed by atoms with van der Waals surface area (Å²) in [7, 11) is 0. The molecule has 0 aliphatic rings. The summed E-state index contributed by atoms with van der Waals surface area (Å²) in [6, 6.07) is 8.72. The zero-order valence-corrected chi connectivity index (χ0v) is 37.1. The zero-order chi connectivity index (χ0) is 41.0. The van der Waals surface area contributed by atoms with Crippen molar-refractivity contribution < 1.29 is 23.7 Å². The van der Waals surface area contributed by atoms with Gasteiger partial charge in [-0.05, 0) is 55.2 Å². The first kappa shape index (κ1) is 50.1. The molecule has 7 nitrogen and oxygen atoms in total. The fourth-order valence-corrected chi connectivity index (χ4v) is 7.40. The molecule has 7 heteroatoms. The highest BCUT2D eigenvalue weighted by molar-refractivity contribution is 5.91. The Balaban J connectivity index is 2.07. The van der Waals surface area contributed by atoms with Gasteiger partial charge in [0.1, 0.15) is 6.61 Å². The van der Waals surface area contributed by atoms with Crippen LogP contribution in [-0.4, -0.2) is 25.8 Å². The summed E-state index contributed by atoms with van der Waals surface area (Å²) in [5.41, 5.74) is 13.9. The van der Waals surface area contributed by atoms with Crippen molar-refractivity contribution in [3.8, 4) is 17.2 Å². The smallest absolute Gasteiger partial charge is 0.338 e. The summed E-state index contributed by atoms with van der Waals surface area (Å²) in [5.74, 6) is 1.52. The largest absolute Gasteiger partial charge is 0.490 e. The van der Waals surface area contributed by atoms with Gasteiger partial charge < -0.3 is 30.4 Å². The molecule has 0 aromatic heterocycles. The first-order chi connectivity index (χ1) is 28.0. The zero-order valence-electron chi connectivity index (χ0n) is 37.1. The number of ether oxygens (including phenoxy) is 4. The lowest BCUT2D eigenvalue weighted by Crippen LogP contribution is -2.09. The maximum atomic E-state index is 13.0. The van der Waals surface area contributed by atoms with Gasteiger partial charge in [-0.2, -0.15) is 0 Å². The molecule has 0 heterocycles. The van der Waals surface area contributed by atoms with Crippen LogP contribution in [0.25, 0.3) is 0 Å². The van der Waals surface area contributed by atoms with Gasteiger partial charge in [0.05, 0.1) is 25.4 Å². The van der Waals surface area contributed by atoms with Crippen LogP contribution in [0.4, 0.5) is 11.4 Å². The third-order valence-electron chi connectivity index (χ3n) is 10.9. The van der Waals surface area contributed by atoms with Crippen molar-refractivity contribution >= 4 is 17.3 Å². The van der Waals surface area contributed by atoms with E-state index in [0.29, 0.717) is 54.0 Å². The molecule has 326 valence electrons. The summed E-state index contributed by atoms with van der Waals surface area (Å²) in [4.78, 5) is 13.0. The van der Waals surface area contributed by atoms with Crippen LogP contribution < -0.4 is 25.7 Å². The fourth-order valence-electron chi connectivity index (χ4n) is 7.40. The van der Waals surface area contributed by atoms with Crippen molar-refractivity contribution in [2.75, 3.05) is 31.3 Å². The number of nitrogens with two attached hydrogens (primary N) is 2. The van der Waals surface area contributed by atoms with Crippen molar-refractivity contribution in [3.63, 3.8) is 0 Å². The predicted octanol–water partition coefficient (Wildman–Crippen LogP) is 15.1. The second-order valence-corrected chi connectivity index (χ2v) is 16.5. The van der Waals surface area contributed by atoms with Crippen molar-refractivity contribution in [2.45, 2.75) is 220 Å². The van der Waals surface area contributed by atoms with Gasteiger partial charge in [-0.15, -0.1) is 0 Å². The van der Waals surface area contributed by atoms with E-state index in [1.54, 1.807) is 18.2 Å². The molecular formula is C50H86N2O5. The Morgan fingerprint density at radius 3 is 1.09 bits per heavy atom. The van der Waals surface area contributed by atoms with Crippen LogP contribution in [0, 0.1) is 0 Å². The summed E-state index contributed by atoms with van der Waals surface area (Å²) < 4.78 is 25.3. The maximum Gasteiger partial charge on any atom is 0.338 e. The van der Waals surface area contributed by atoms with E-state index in [2.05, 4.69) is 20.8 Å². The molecule has 57 heavy (non-hydrogen) atoms. The average Bonchev–Trinajstić information content (AvgIpc) is 3.20. The number of esters is 1. The first-order valence-corrected chi connectivity index (χ1v) is 23.9. The minimum absolute atomic E-state index is 0.0650. The van der Waals surface area contributed by atoms with Crippen LogP contribution in [0.2, 0.25) is 0 Å². The minimum Gasteiger partial charge on any atom is -0.490 e. The number of carbonyl (C=O) groups is 1. The molecule has 0 radical (unpaired) electrons. The molecule has 0 saturated carbocycles. The normalized spacial score (nSPS) is 11.2. The summed E-state index contributed by atoms with van der Waals surface area (Å²) in [6.45, 7) is 8.71. The Morgan fingerprint density at radius 2 is 0.737 bits per heavy atom. The lowest BCUT2D eigenvalue weighted by Gasteiger charge is -2.19. The standard InChI is InChI=1S/C50H86N2O5/c1-4-7-10-13-16-19-22-25-28-31-34-54-47-37-43(42-57-50(53)44-39-45(51)41-46(52)40-44)38-48(55-35-32-29-26-23-20-17-14-11-8-5-2)49(47)56-36-33-30-27-24-21-18-15-12-9-6-3/h37-41H,4-36,42,51-52H2,1-3H3. The van der Waals surface area contributed by atoms with Gasteiger partial charge in [0.2, 0.25) is 5.75 Å². The molecule has 0 spiro atoms. The Bertz CT molecular complexity index is 1200. The van der Waals surface area contributed by atoms with E-state index in [0.717, 1.165) is 44.1 Å². The molecular weight excluding hydrogens is 709 g/mol. The number of nitrogen functional groups attached to an aromatic ring is 2. The molecule has 0 fully saturated rings. The molecule has 0 amide bonds. The summed E-state index contributed by atoms with van der Waals surface area (Å²) in [5, 5.41) is 0. The van der Waals surface area contributed by atoms with E-state index in [4.69, 9.17) is 30.4 Å². The Labute approximate surface area is 350 Å². The quantitative estimate of drug-likeness (QED) is 0.0394. The Morgan fingerprint density at radius 1 is 0.421 bits per heavy atom. The Kier molecular flexibility index (Phi) is 30.7. The monoisotopic (exact) mass is 795 g/mol. The van der Waals surface area contributed by atoms with Crippen LogP contribution in [-0.2, 0) is 11.3 Å². The second kappa shape index (κ2) is 34.9. The Hall–Kier alpha value is -3.09. The lowest BCUT2D eigenvalue weighted by molar-refractivity contribution is 0.0472. The third-order valence-corrected chi connectivity index (χ3v) is 10.9. The molecule has 0 bridgehead atoms. The molecule has 2 rings (SSSR count). The topological polar surface area (TPSA) is 106 Å². The number of anilines is 2. The van der Waals surface area contributed by atoms with E-state index in [-0.39, 0.29) is 6.61 Å². The van der Waals surface area contributed by atoms with E-state index in [9.17, 15) is 4.79 Å². The number of carbonyl (C=O) groups excluding carboxylic acids is 1. The predicted molar refractivity (Wildman–Crippen MR) is 243 cm³/mol. The number of benzene rings is 2. The highest BCUT2D eigenvalue weighted by Crippen LogP contribution is 2.40. The van der Waals surface area contributed by atoms with Crippen LogP contribution >= 0.6 is 0 Å². The van der Waals surface area contributed by atoms with E-state index in [1.165, 1.54) is 154 Å². The molecule has 2 aromatic carbocycles. The van der Waals surface area contributed by atoms with Gasteiger partial charge in [0.15, 0.2) is 11.5 Å². The van der Waals surface area contributed by atoms with Gasteiger partial charge >= 0.3 is 5.97 Å². The molecule has 0 unspecified atom stereocenters. The first-order valence-electron chi connectivity index (χ1n) is 23.9. The van der Waals surface area contributed by atoms with E-state index >= 15 is 0 Å². The highest BCUT2D eigenvalue weighted by atomic mass is 16.5. The molecule has 0 saturated heterocycles. The molecule has 0 aliphatic carbocycles. The molecule has 4 N–H and O–H groups in total. The average molecular weight is 795 g/mol. The summed E-state index contributed by atoms with van der Waals surface area (Å²) >= 11 is 0. The highest BCUT2D eigenvalue weighted by Gasteiger charge is 2.18. The molecule has 2 aromatic rings. The number of hydrogen-bond acceptors (Lipinski definition) is 7. The van der Waals surface area contributed by atoms with E-state index in [1.807, 2.05) is 12.1 Å². The van der Waals surface area contributed by atoms with Crippen molar-refractivity contribution in [2.24, 2.45) is 0 Å². The van der Waals surface area contributed by atoms with Crippen LogP contribution in [0.3, 0.4) is 0 Å². The summed E-state index contributed by atoms with van der Waals surface area (Å²) in [6.07, 6.45) is 38.2. The maximum absolute atomic E-state index is 13.0. The van der Waals surface area contributed by atoms with Gasteiger partial charge in [0, 0.05) is 11.4 Å². The molecule has 0 aliphatic heterocycles. The number of hydrogen-bond donors (Lipinski definition) is 2. The fraction of sp³-hybridized carbons (Fsp3) is 0.740.